The maximum atomic E-state index is 3.52. The van der Waals surface area contributed by atoms with E-state index in [1.807, 2.05) is 0 Å². The first-order valence-corrected chi connectivity index (χ1v) is 6.30. The standard InChI is InChI=1S/C12H22N2/c1-13-11-4-2-3-5-12(11)14-7-9-6-10(9)8-14/h9-13H,2-8H2,1H3. The van der Waals surface area contributed by atoms with Crippen molar-refractivity contribution in [1.29, 1.82) is 0 Å². The zero-order chi connectivity index (χ0) is 9.54. The molecule has 1 heterocycles. The molecule has 2 nitrogen and oxygen atoms in total. The number of hydrogen-bond donors (Lipinski definition) is 1. The summed E-state index contributed by atoms with van der Waals surface area (Å²) in [6.07, 6.45) is 7.25. The summed E-state index contributed by atoms with van der Waals surface area (Å²) < 4.78 is 0. The first kappa shape index (κ1) is 9.17. The van der Waals surface area contributed by atoms with Crippen LogP contribution in [0.5, 0.6) is 0 Å². The van der Waals surface area contributed by atoms with Gasteiger partial charge in [-0.3, -0.25) is 4.90 Å². The molecule has 3 aliphatic rings. The van der Waals surface area contributed by atoms with Gasteiger partial charge in [-0.15, -0.1) is 0 Å². The minimum Gasteiger partial charge on any atom is -0.315 e. The van der Waals surface area contributed by atoms with Gasteiger partial charge in [0.2, 0.25) is 0 Å². The van der Waals surface area contributed by atoms with Crippen molar-refractivity contribution >= 4 is 0 Å². The fourth-order valence-corrected chi connectivity index (χ4v) is 3.59. The van der Waals surface area contributed by atoms with Crippen molar-refractivity contribution in [2.24, 2.45) is 11.8 Å². The molecule has 1 saturated heterocycles. The predicted octanol–water partition coefficient (Wildman–Crippen LogP) is 1.47. The van der Waals surface area contributed by atoms with Gasteiger partial charge in [0.15, 0.2) is 0 Å². The lowest BCUT2D eigenvalue weighted by Crippen LogP contribution is -2.50. The lowest BCUT2D eigenvalue weighted by atomic mass is 9.89. The van der Waals surface area contributed by atoms with Gasteiger partial charge in [-0.05, 0) is 38.1 Å². The van der Waals surface area contributed by atoms with Crippen LogP contribution in [0, 0.1) is 11.8 Å². The van der Waals surface area contributed by atoms with Gasteiger partial charge in [-0.2, -0.15) is 0 Å². The molecule has 0 aromatic heterocycles. The minimum absolute atomic E-state index is 0.779. The molecule has 0 spiro atoms. The highest BCUT2D eigenvalue weighted by atomic mass is 15.2. The molecule has 0 aromatic rings. The summed E-state index contributed by atoms with van der Waals surface area (Å²) in [6, 6.07) is 1.64. The van der Waals surface area contributed by atoms with Gasteiger partial charge in [-0.25, -0.2) is 0 Å². The van der Waals surface area contributed by atoms with Crippen LogP contribution in [0.1, 0.15) is 32.1 Å². The number of hydrogen-bond acceptors (Lipinski definition) is 2. The molecular formula is C12H22N2. The van der Waals surface area contributed by atoms with Crippen LogP contribution in [0.3, 0.4) is 0 Å². The monoisotopic (exact) mass is 194 g/mol. The number of fused-ring (bicyclic) bond motifs is 1. The van der Waals surface area contributed by atoms with Crippen molar-refractivity contribution < 1.29 is 0 Å². The number of likely N-dealkylation sites (tertiary alicyclic amines) is 1. The highest BCUT2D eigenvalue weighted by Crippen LogP contribution is 2.46. The van der Waals surface area contributed by atoms with Crippen molar-refractivity contribution in [1.82, 2.24) is 10.2 Å². The molecule has 0 aromatic carbocycles. The second kappa shape index (κ2) is 3.49. The Kier molecular flexibility index (Phi) is 2.29. The molecule has 4 atom stereocenters. The maximum absolute atomic E-state index is 3.52. The number of nitrogens with zero attached hydrogens (tertiary/aromatic N) is 1. The topological polar surface area (TPSA) is 15.3 Å². The van der Waals surface area contributed by atoms with Gasteiger partial charge in [0, 0.05) is 25.2 Å². The smallest absolute Gasteiger partial charge is 0.0249 e. The van der Waals surface area contributed by atoms with Crippen LogP contribution in [0.15, 0.2) is 0 Å². The summed E-state index contributed by atoms with van der Waals surface area (Å²) in [5.41, 5.74) is 0. The van der Waals surface area contributed by atoms with E-state index in [2.05, 4.69) is 17.3 Å². The molecule has 2 heteroatoms. The van der Waals surface area contributed by atoms with Crippen molar-refractivity contribution in [3.8, 4) is 0 Å². The van der Waals surface area contributed by atoms with E-state index in [9.17, 15) is 0 Å². The molecule has 1 aliphatic heterocycles. The number of rotatable bonds is 2. The van der Waals surface area contributed by atoms with Crippen molar-refractivity contribution in [2.75, 3.05) is 20.1 Å². The minimum atomic E-state index is 0.779. The van der Waals surface area contributed by atoms with Crippen molar-refractivity contribution in [2.45, 2.75) is 44.2 Å². The van der Waals surface area contributed by atoms with Crippen LogP contribution >= 0.6 is 0 Å². The fraction of sp³-hybridized carbons (Fsp3) is 1.00. The van der Waals surface area contributed by atoms with E-state index >= 15 is 0 Å². The van der Waals surface area contributed by atoms with Crippen LogP contribution < -0.4 is 5.32 Å². The molecule has 3 fully saturated rings. The molecule has 2 aliphatic carbocycles. The number of piperidine rings is 1. The molecule has 4 unspecified atom stereocenters. The van der Waals surface area contributed by atoms with Crippen LogP contribution in [0.2, 0.25) is 0 Å². The van der Waals surface area contributed by atoms with E-state index in [1.54, 1.807) is 0 Å². The Hall–Kier alpha value is -0.0800. The van der Waals surface area contributed by atoms with E-state index in [0.29, 0.717) is 0 Å². The summed E-state index contributed by atoms with van der Waals surface area (Å²) >= 11 is 0. The Morgan fingerprint density at radius 3 is 2.50 bits per heavy atom. The predicted molar refractivity (Wildman–Crippen MR) is 58.3 cm³/mol. The molecule has 14 heavy (non-hydrogen) atoms. The van der Waals surface area contributed by atoms with E-state index in [0.717, 1.165) is 23.9 Å². The summed E-state index contributed by atoms with van der Waals surface area (Å²) in [5, 5.41) is 3.52. The van der Waals surface area contributed by atoms with Gasteiger partial charge >= 0.3 is 0 Å². The molecular weight excluding hydrogens is 172 g/mol. The molecule has 0 bridgehead atoms. The number of likely N-dealkylation sites (N-methyl/N-ethyl adjacent to an activating group) is 1. The van der Waals surface area contributed by atoms with Crippen molar-refractivity contribution in [3.63, 3.8) is 0 Å². The van der Waals surface area contributed by atoms with Crippen molar-refractivity contribution in [3.05, 3.63) is 0 Å². The van der Waals surface area contributed by atoms with E-state index in [4.69, 9.17) is 0 Å². The Labute approximate surface area is 87.0 Å². The Morgan fingerprint density at radius 2 is 1.79 bits per heavy atom. The summed E-state index contributed by atoms with van der Waals surface area (Å²) in [7, 11) is 2.14. The second-order valence-corrected chi connectivity index (χ2v) is 5.46. The Balaban J connectivity index is 1.63. The summed E-state index contributed by atoms with van der Waals surface area (Å²) in [5.74, 6) is 2.18. The quantitative estimate of drug-likeness (QED) is 0.716. The lowest BCUT2D eigenvalue weighted by molar-refractivity contribution is 0.139. The molecule has 0 radical (unpaired) electrons. The first-order chi connectivity index (χ1) is 6.88. The van der Waals surface area contributed by atoms with Gasteiger partial charge in [0.05, 0.1) is 0 Å². The first-order valence-electron chi connectivity index (χ1n) is 6.30. The fourth-order valence-electron chi connectivity index (χ4n) is 3.59. The third-order valence-corrected chi connectivity index (χ3v) is 4.58. The normalized spacial score (nSPS) is 47.8. The van der Waals surface area contributed by atoms with E-state index < -0.39 is 0 Å². The highest BCUT2D eigenvalue weighted by Gasteiger charge is 2.47. The zero-order valence-electron chi connectivity index (χ0n) is 9.21. The largest absolute Gasteiger partial charge is 0.315 e. The van der Waals surface area contributed by atoms with Crippen LogP contribution in [-0.2, 0) is 0 Å². The lowest BCUT2D eigenvalue weighted by Gasteiger charge is -2.38. The second-order valence-electron chi connectivity index (χ2n) is 5.46. The van der Waals surface area contributed by atoms with E-state index in [1.165, 1.54) is 45.2 Å². The Bertz CT molecular complexity index is 206. The van der Waals surface area contributed by atoms with Gasteiger partial charge in [0.25, 0.3) is 0 Å². The van der Waals surface area contributed by atoms with Gasteiger partial charge < -0.3 is 5.32 Å². The number of nitrogens with one attached hydrogen (secondary N) is 1. The highest BCUT2D eigenvalue weighted by molar-refractivity contribution is 5.01. The summed E-state index contributed by atoms with van der Waals surface area (Å²) in [6.45, 7) is 2.82. The molecule has 3 rings (SSSR count). The molecule has 0 amide bonds. The van der Waals surface area contributed by atoms with Crippen LogP contribution in [0.4, 0.5) is 0 Å². The van der Waals surface area contributed by atoms with Crippen LogP contribution in [0.25, 0.3) is 0 Å². The van der Waals surface area contributed by atoms with Gasteiger partial charge in [0.1, 0.15) is 0 Å². The molecule has 1 N–H and O–H groups in total. The maximum Gasteiger partial charge on any atom is 0.0249 e. The molecule has 80 valence electrons. The van der Waals surface area contributed by atoms with E-state index in [-0.39, 0.29) is 0 Å². The third-order valence-electron chi connectivity index (χ3n) is 4.58. The Morgan fingerprint density at radius 1 is 1.07 bits per heavy atom. The third kappa shape index (κ3) is 1.49. The molecule has 2 saturated carbocycles. The van der Waals surface area contributed by atoms with Gasteiger partial charge in [-0.1, -0.05) is 12.8 Å². The van der Waals surface area contributed by atoms with Crippen LogP contribution in [-0.4, -0.2) is 37.1 Å². The summed E-state index contributed by atoms with van der Waals surface area (Å²) in [4.78, 5) is 2.78. The zero-order valence-corrected chi connectivity index (χ0v) is 9.21. The average Bonchev–Trinajstić information content (AvgIpc) is 2.86. The average molecular weight is 194 g/mol. The SMILES string of the molecule is CNC1CCCCC1N1CC2CC2C1.